The molecule has 0 amide bonds. The minimum atomic E-state index is -0.289. The summed E-state index contributed by atoms with van der Waals surface area (Å²) in [5, 5.41) is 2.41. The van der Waals surface area contributed by atoms with Crippen LogP contribution in [0.1, 0.15) is 56.9 Å². The van der Waals surface area contributed by atoms with Gasteiger partial charge in [0, 0.05) is 73.1 Å². The summed E-state index contributed by atoms with van der Waals surface area (Å²) in [5.41, 5.74) is 24.4. The molecule has 0 unspecified atom stereocenters. The van der Waals surface area contributed by atoms with Crippen molar-refractivity contribution in [3.63, 3.8) is 0 Å². The molecular formula is C74H59BN4O. The van der Waals surface area contributed by atoms with Crippen LogP contribution in [0, 0.1) is 6.92 Å². The number of aromatic nitrogens is 1. The van der Waals surface area contributed by atoms with E-state index >= 15 is 0 Å². The summed E-state index contributed by atoms with van der Waals surface area (Å²) in [7, 11) is 0. The smallest absolute Gasteiger partial charge is 0.256 e. The first-order valence-electron chi connectivity index (χ1n) is 28.0. The fraction of sp³-hybridized carbons (Fsp3) is 0.108. The zero-order valence-corrected chi connectivity index (χ0v) is 45.9. The summed E-state index contributed by atoms with van der Waals surface area (Å²) in [4.78, 5) is 7.23. The summed E-state index contributed by atoms with van der Waals surface area (Å²) < 4.78 is 9.73. The van der Waals surface area contributed by atoms with E-state index in [0.29, 0.717) is 0 Å². The first-order chi connectivity index (χ1) is 39.0. The highest BCUT2D eigenvalue weighted by Crippen LogP contribution is 2.53. The highest BCUT2D eigenvalue weighted by atomic mass is 16.5. The topological polar surface area (TPSA) is 23.9 Å². The number of rotatable bonds is 8. The number of aryl methyl sites for hydroxylation is 1. The maximum absolute atomic E-state index is 7.29. The molecule has 384 valence electrons. The van der Waals surface area contributed by atoms with Crippen molar-refractivity contribution in [1.82, 2.24) is 4.57 Å². The van der Waals surface area contributed by atoms with Gasteiger partial charge >= 0.3 is 0 Å². The van der Waals surface area contributed by atoms with Gasteiger partial charge in [-0.2, -0.15) is 0 Å². The van der Waals surface area contributed by atoms with Crippen molar-refractivity contribution in [2.75, 3.05) is 14.7 Å². The molecule has 0 atom stereocenters. The van der Waals surface area contributed by atoms with Crippen molar-refractivity contribution in [1.29, 1.82) is 0 Å². The Morgan fingerprint density at radius 1 is 0.425 bits per heavy atom. The van der Waals surface area contributed by atoms with Gasteiger partial charge in [-0.25, -0.2) is 0 Å². The lowest BCUT2D eigenvalue weighted by molar-refractivity contribution is 0.487. The molecular weight excluding hydrogens is 972 g/mol. The molecule has 2 aliphatic heterocycles. The van der Waals surface area contributed by atoms with Gasteiger partial charge in [0.25, 0.3) is 6.71 Å². The second-order valence-electron chi connectivity index (χ2n) is 23.5. The standard InChI is InChI=1S/C74H59BN4O/c1-48-40-69-72-71(41-48)80-70-46-60-58-37-35-57(77(52-26-15-9-16-27-52)53-28-17-10-18-29-53)45-62(58)74(5,6)63(60)47-65(70)75(72)64-38-34-49(73(2,3)4)42-68(64)79(69)55-31-21-30-54(43-55)78-66-33-20-19-32-59(66)61-44-56(36-39-67(61)78)76(50-22-11-7-12-23-50)51-24-13-8-14-25-51/h7-47H,1-6H3. The third kappa shape index (κ3) is 7.46. The molecule has 15 rings (SSSR count). The molecule has 1 aliphatic carbocycles. The summed E-state index contributed by atoms with van der Waals surface area (Å²) in [6, 6.07) is 91.4. The molecule has 0 fully saturated rings. The van der Waals surface area contributed by atoms with Crippen molar-refractivity contribution < 1.29 is 4.74 Å². The van der Waals surface area contributed by atoms with E-state index in [9.17, 15) is 0 Å². The third-order valence-corrected chi connectivity index (χ3v) is 17.1. The molecule has 12 aromatic rings. The maximum atomic E-state index is 7.29. The second kappa shape index (κ2) is 18.0. The van der Waals surface area contributed by atoms with Gasteiger partial charge in [-0.15, -0.1) is 0 Å². The molecule has 6 heteroatoms. The largest absolute Gasteiger partial charge is 0.458 e. The van der Waals surface area contributed by atoms with Gasteiger partial charge < -0.3 is 24.0 Å². The van der Waals surface area contributed by atoms with E-state index in [1.165, 1.54) is 60.7 Å². The first-order valence-corrected chi connectivity index (χ1v) is 28.0. The highest BCUT2D eigenvalue weighted by Gasteiger charge is 2.45. The van der Waals surface area contributed by atoms with E-state index in [4.69, 9.17) is 4.74 Å². The lowest BCUT2D eigenvalue weighted by atomic mass is 9.34. The number of benzene rings is 11. The minimum absolute atomic E-state index is 0.0577. The number of nitrogens with zero attached hydrogens (tertiary/aromatic N) is 4. The molecule has 11 aromatic carbocycles. The van der Waals surface area contributed by atoms with Gasteiger partial charge in [-0.3, -0.25) is 0 Å². The molecule has 1 aromatic heterocycles. The lowest BCUT2D eigenvalue weighted by Gasteiger charge is -2.41. The Bertz CT molecular complexity index is 4350. The van der Waals surface area contributed by atoms with Crippen LogP contribution in [0.4, 0.5) is 51.2 Å². The number of fused-ring (bicyclic) bond motifs is 10. The molecule has 5 nitrogen and oxygen atoms in total. The van der Waals surface area contributed by atoms with Gasteiger partial charge in [0.15, 0.2) is 0 Å². The van der Waals surface area contributed by atoms with E-state index in [1.54, 1.807) is 0 Å². The summed E-state index contributed by atoms with van der Waals surface area (Å²) in [6.45, 7) is 13.9. The normalized spacial score (nSPS) is 13.5. The van der Waals surface area contributed by atoms with Crippen LogP contribution in [0.3, 0.4) is 0 Å². The van der Waals surface area contributed by atoms with E-state index in [2.05, 4.69) is 310 Å². The van der Waals surface area contributed by atoms with Crippen LogP contribution in [0.5, 0.6) is 11.5 Å². The molecule has 3 heterocycles. The molecule has 0 spiro atoms. The SMILES string of the molecule is Cc1cc2c3c(c1)N(c1cccc(-n4c5ccccc5c5cc(N(c6ccccc6)c6ccccc6)ccc54)c1)c1cc(C(C)(C)C)ccc1B3c1cc3c(cc1O2)-c1ccc(N(c2ccccc2)c2ccccc2)cc1C3(C)C. The van der Waals surface area contributed by atoms with E-state index in [1.807, 2.05) is 0 Å². The second-order valence-corrected chi connectivity index (χ2v) is 23.5. The van der Waals surface area contributed by atoms with Gasteiger partial charge in [-0.1, -0.05) is 156 Å². The third-order valence-electron chi connectivity index (χ3n) is 17.1. The van der Waals surface area contributed by atoms with E-state index in [0.717, 1.165) is 79.3 Å². The predicted octanol–water partition coefficient (Wildman–Crippen LogP) is 18.0. The number of ether oxygens (including phenoxy) is 1. The van der Waals surface area contributed by atoms with Crippen LogP contribution in [0.25, 0.3) is 38.6 Å². The Kier molecular flexibility index (Phi) is 10.7. The van der Waals surface area contributed by atoms with Gasteiger partial charge in [0.05, 0.1) is 11.0 Å². The lowest BCUT2D eigenvalue weighted by Crippen LogP contribution is -2.59. The number of para-hydroxylation sites is 5. The Balaban J connectivity index is 0.870. The van der Waals surface area contributed by atoms with Crippen molar-refractivity contribution in [3.05, 3.63) is 271 Å². The quantitative estimate of drug-likeness (QED) is 0.142. The van der Waals surface area contributed by atoms with Crippen LogP contribution in [-0.4, -0.2) is 11.3 Å². The van der Waals surface area contributed by atoms with Gasteiger partial charge in [0.2, 0.25) is 0 Å². The zero-order chi connectivity index (χ0) is 54.0. The average Bonchev–Trinajstić information content (AvgIpc) is 4.10. The van der Waals surface area contributed by atoms with E-state index in [-0.39, 0.29) is 17.5 Å². The van der Waals surface area contributed by atoms with Crippen LogP contribution in [0.2, 0.25) is 0 Å². The van der Waals surface area contributed by atoms with Crippen molar-refractivity contribution in [3.8, 4) is 28.3 Å². The zero-order valence-electron chi connectivity index (χ0n) is 45.9. The minimum Gasteiger partial charge on any atom is -0.458 e. The maximum Gasteiger partial charge on any atom is 0.256 e. The summed E-state index contributed by atoms with van der Waals surface area (Å²) >= 11 is 0. The number of hydrogen-bond donors (Lipinski definition) is 0. The molecule has 0 saturated heterocycles. The van der Waals surface area contributed by atoms with Crippen LogP contribution < -0.4 is 35.8 Å². The van der Waals surface area contributed by atoms with Gasteiger partial charge in [0.1, 0.15) is 11.5 Å². The predicted molar refractivity (Wildman–Crippen MR) is 337 cm³/mol. The average molecular weight is 1030 g/mol. The molecule has 0 N–H and O–H groups in total. The molecule has 80 heavy (non-hydrogen) atoms. The van der Waals surface area contributed by atoms with Crippen molar-refractivity contribution >= 4 is 96.1 Å². The molecule has 0 saturated carbocycles. The Labute approximate surface area is 469 Å². The Morgan fingerprint density at radius 2 is 1.00 bits per heavy atom. The van der Waals surface area contributed by atoms with Crippen LogP contribution in [0.15, 0.2) is 249 Å². The molecule has 3 aliphatic rings. The van der Waals surface area contributed by atoms with E-state index < -0.39 is 0 Å². The monoisotopic (exact) mass is 1030 g/mol. The van der Waals surface area contributed by atoms with Crippen LogP contribution >= 0.6 is 0 Å². The van der Waals surface area contributed by atoms with Crippen molar-refractivity contribution in [2.45, 2.75) is 52.4 Å². The molecule has 0 radical (unpaired) electrons. The number of anilines is 9. The first kappa shape index (κ1) is 47.7. The Hall–Kier alpha value is -9.52. The highest BCUT2D eigenvalue weighted by molar-refractivity contribution is 6.99. The molecule has 0 bridgehead atoms. The summed E-state index contributed by atoms with van der Waals surface area (Å²) in [5.74, 6) is 1.84. The van der Waals surface area contributed by atoms with Gasteiger partial charge in [-0.05, 0) is 190 Å². The number of hydrogen-bond acceptors (Lipinski definition) is 4. The fourth-order valence-electron chi connectivity index (χ4n) is 13.3. The van der Waals surface area contributed by atoms with Crippen molar-refractivity contribution in [2.24, 2.45) is 0 Å². The summed E-state index contributed by atoms with van der Waals surface area (Å²) in [6.07, 6.45) is 0. The fourth-order valence-corrected chi connectivity index (χ4v) is 13.3. The van der Waals surface area contributed by atoms with Crippen LogP contribution in [-0.2, 0) is 10.8 Å². The Morgan fingerprint density at radius 3 is 1.65 bits per heavy atom.